The SMILES string of the molecule is COc1nc(-c2cccc(-c3cccc4c3CC[C@@H]4Oc3nc(OC)c(CN[C@@H]4CCC[C@@H]4O)cc3Cl)c2Cl)ccc1CN[C@@H]1CCC[C@@H]1O. The quantitative estimate of drug-likeness (QED) is 0.121. The Morgan fingerprint density at radius 3 is 2.04 bits per heavy atom. The molecule has 0 amide bonds. The number of rotatable bonds is 12. The lowest BCUT2D eigenvalue weighted by molar-refractivity contribution is 0.148. The molecule has 0 radical (unpaired) electrons. The number of ether oxygens (including phenoxy) is 3. The van der Waals surface area contributed by atoms with Gasteiger partial charge in [-0.3, -0.25) is 0 Å². The first-order chi connectivity index (χ1) is 24.3. The van der Waals surface area contributed by atoms with E-state index in [4.69, 9.17) is 42.4 Å². The summed E-state index contributed by atoms with van der Waals surface area (Å²) in [7, 11) is 3.21. The Morgan fingerprint density at radius 1 is 0.720 bits per heavy atom. The first-order valence-corrected chi connectivity index (χ1v) is 18.3. The number of aliphatic hydroxyl groups excluding tert-OH is 2. The number of aliphatic hydroxyl groups is 2. The molecule has 0 spiro atoms. The molecule has 2 fully saturated rings. The van der Waals surface area contributed by atoms with Gasteiger partial charge in [0.15, 0.2) is 0 Å². The average molecular weight is 720 g/mol. The number of pyridine rings is 2. The van der Waals surface area contributed by atoms with Crippen molar-refractivity contribution in [2.75, 3.05) is 14.2 Å². The molecule has 2 heterocycles. The van der Waals surface area contributed by atoms with E-state index in [-0.39, 0.29) is 30.4 Å². The van der Waals surface area contributed by atoms with Gasteiger partial charge in [0, 0.05) is 47.4 Å². The van der Waals surface area contributed by atoms with Gasteiger partial charge >= 0.3 is 0 Å². The topological polar surface area (TPSA) is 118 Å². The summed E-state index contributed by atoms with van der Waals surface area (Å²) in [5.41, 5.74) is 7.51. The summed E-state index contributed by atoms with van der Waals surface area (Å²) in [6.07, 6.45) is 6.27. The zero-order valence-electron chi connectivity index (χ0n) is 28.4. The van der Waals surface area contributed by atoms with Gasteiger partial charge in [-0.25, -0.2) is 4.98 Å². The molecule has 3 aliphatic rings. The lowest BCUT2D eigenvalue weighted by atomic mass is 9.94. The van der Waals surface area contributed by atoms with Crippen LogP contribution in [0.1, 0.15) is 73.3 Å². The Balaban J connectivity index is 1.10. The predicted octanol–water partition coefficient (Wildman–Crippen LogP) is 7.21. The monoisotopic (exact) mass is 718 g/mol. The lowest BCUT2D eigenvalue weighted by Crippen LogP contribution is -2.35. The smallest absolute Gasteiger partial charge is 0.236 e. The molecule has 0 saturated heterocycles. The van der Waals surface area contributed by atoms with Crippen molar-refractivity contribution in [3.05, 3.63) is 86.9 Å². The van der Waals surface area contributed by atoms with Crippen LogP contribution in [0.15, 0.2) is 54.6 Å². The van der Waals surface area contributed by atoms with E-state index in [2.05, 4.69) is 27.8 Å². The molecule has 0 aliphatic heterocycles. The molecule has 2 saturated carbocycles. The maximum absolute atomic E-state index is 10.2. The van der Waals surface area contributed by atoms with Crippen molar-refractivity contribution in [3.63, 3.8) is 0 Å². The normalized spacial score (nSPS) is 22.9. The third-order valence-electron chi connectivity index (χ3n) is 10.4. The van der Waals surface area contributed by atoms with Gasteiger partial charge in [0.05, 0.1) is 37.1 Å². The van der Waals surface area contributed by atoms with E-state index in [0.717, 1.165) is 90.4 Å². The summed E-state index contributed by atoms with van der Waals surface area (Å²) < 4.78 is 17.8. The fraction of sp³-hybridized carbons (Fsp3) is 0.436. The molecular formula is C39H44Cl2N4O5. The third-order valence-corrected chi connectivity index (χ3v) is 11.1. The van der Waals surface area contributed by atoms with Crippen LogP contribution < -0.4 is 24.8 Å². The molecular weight excluding hydrogens is 675 g/mol. The number of benzene rings is 2. The van der Waals surface area contributed by atoms with Crippen LogP contribution in [0.2, 0.25) is 10.0 Å². The first-order valence-electron chi connectivity index (χ1n) is 17.5. The highest BCUT2D eigenvalue weighted by molar-refractivity contribution is 6.36. The molecule has 4 aromatic rings. The zero-order valence-corrected chi connectivity index (χ0v) is 29.9. The molecule has 0 bridgehead atoms. The summed E-state index contributed by atoms with van der Waals surface area (Å²) in [5.74, 6) is 1.31. The maximum Gasteiger partial charge on any atom is 0.236 e. The second kappa shape index (κ2) is 15.4. The summed E-state index contributed by atoms with van der Waals surface area (Å²) >= 11 is 13.9. The van der Waals surface area contributed by atoms with Gasteiger partial charge in [-0.15, -0.1) is 0 Å². The summed E-state index contributed by atoms with van der Waals surface area (Å²) in [4.78, 5) is 9.50. The Labute approximate surface area is 303 Å². The number of nitrogens with one attached hydrogen (secondary N) is 2. The van der Waals surface area contributed by atoms with Gasteiger partial charge in [0.1, 0.15) is 11.1 Å². The van der Waals surface area contributed by atoms with E-state index in [0.29, 0.717) is 40.8 Å². The number of fused-ring (bicyclic) bond motifs is 1. The Morgan fingerprint density at radius 2 is 1.36 bits per heavy atom. The molecule has 0 unspecified atom stereocenters. The van der Waals surface area contributed by atoms with Gasteiger partial charge in [-0.2, -0.15) is 4.98 Å². The third kappa shape index (κ3) is 7.17. The van der Waals surface area contributed by atoms with Crippen LogP contribution in [-0.2, 0) is 19.5 Å². The van der Waals surface area contributed by atoms with Crippen LogP contribution in [0, 0.1) is 0 Å². The number of halogens is 2. The highest BCUT2D eigenvalue weighted by Crippen LogP contribution is 2.44. The minimum absolute atomic E-state index is 0.0533. The molecule has 2 aromatic heterocycles. The minimum atomic E-state index is -0.339. The molecule has 264 valence electrons. The fourth-order valence-corrected chi connectivity index (χ4v) is 8.26. The lowest BCUT2D eigenvalue weighted by Gasteiger charge is -2.20. The van der Waals surface area contributed by atoms with Crippen molar-refractivity contribution in [2.24, 2.45) is 0 Å². The second-order valence-corrected chi connectivity index (χ2v) is 14.3. The zero-order chi connectivity index (χ0) is 34.8. The van der Waals surface area contributed by atoms with E-state index in [1.165, 1.54) is 5.56 Å². The molecule has 50 heavy (non-hydrogen) atoms. The molecule has 11 heteroatoms. The fourth-order valence-electron chi connectivity index (χ4n) is 7.71. The molecule has 7 rings (SSSR count). The Hall–Kier alpha value is -3.44. The van der Waals surface area contributed by atoms with E-state index in [1.54, 1.807) is 14.2 Å². The summed E-state index contributed by atoms with van der Waals surface area (Å²) in [6, 6.07) is 18.2. The molecule has 2 aromatic carbocycles. The average Bonchev–Trinajstić information content (AvgIpc) is 3.86. The highest BCUT2D eigenvalue weighted by atomic mass is 35.5. The van der Waals surface area contributed by atoms with Crippen LogP contribution in [0.25, 0.3) is 22.4 Å². The highest BCUT2D eigenvalue weighted by Gasteiger charge is 2.30. The van der Waals surface area contributed by atoms with Crippen molar-refractivity contribution in [1.29, 1.82) is 0 Å². The van der Waals surface area contributed by atoms with E-state index in [1.807, 2.05) is 42.5 Å². The summed E-state index contributed by atoms with van der Waals surface area (Å²) in [6.45, 7) is 1.05. The summed E-state index contributed by atoms with van der Waals surface area (Å²) in [5, 5.41) is 28.3. The Bertz CT molecular complexity index is 1840. The van der Waals surface area contributed by atoms with Crippen molar-refractivity contribution < 1.29 is 24.4 Å². The van der Waals surface area contributed by atoms with Crippen molar-refractivity contribution in [3.8, 4) is 40.0 Å². The van der Waals surface area contributed by atoms with Gasteiger partial charge in [0.2, 0.25) is 17.6 Å². The van der Waals surface area contributed by atoms with E-state index >= 15 is 0 Å². The van der Waals surface area contributed by atoms with Crippen LogP contribution in [0.3, 0.4) is 0 Å². The van der Waals surface area contributed by atoms with Crippen molar-refractivity contribution in [1.82, 2.24) is 20.6 Å². The van der Waals surface area contributed by atoms with Crippen molar-refractivity contribution >= 4 is 23.2 Å². The molecule has 9 nitrogen and oxygen atoms in total. The van der Waals surface area contributed by atoms with Crippen LogP contribution >= 0.6 is 23.2 Å². The number of hydrogen-bond acceptors (Lipinski definition) is 9. The van der Waals surface area contributed by atoms with Crippen LogP contribution in [0.5, 0.6) is 17.6 Å². The van der Waals surface area contributed by atoms with Gasteiger partial charge in [-0.05, 0) is 80.2 Å². The Kier molecular flexibility index (Phi) is 10.8. The molecule has 3 aliphatic carbocycles. The van der Waals surface area contributed by atoms with Gasteiger partial charge < -0.3 is 35.1 Å². The van der Waals surface area contributed by atoms with E-state index < -0.39 is 0 Å². The van der Waals surface area contributed by atoms with Gasteiger partial charge in [0.25, 0.3) is 0 Å². The molecule has 4 N–H and O–H groups in total. The minimum Gasteiger partial charge on any atom is -0.481 e. The predicted molar refractivity (Wildman–Crippen MR) is 195 cm³/mol. The first kappa shape index (κ1) is 35.0. The standard InChI is InChI=1S/C39H44Cl2N4O5/c1-48-37-22(20-42-31-11-5-13-33(31)46)15-17-30(44-37)28-10-4-9-27(36(28)41)24-7-3-8-26-25(24)16-18-35(26)50-39-29(40)19-23(38(45-39)49-2)21-43-32-12-6-14-34(32)47/h3-4,7-10,15,17,19,31-35,42-43,46-47H,5-6,11-14,16,18,20-21H2,1-2H3/t31-,32-,33+,34+,35+/m1/s1. The second-order valence-electron chi connectivity index (χ2n) is 13.5. The van der Waals surface area contributed by atoms with Crippen LogP contribution in [0.4, 0.5) is 0 Å². The van der Waals surface area contributed by atoms with Crippen LogP contribution in [-0.4, -0.2) is 58.7 Å². The molecule has 5 atom stereocenters. The number of hydrogen-bond donors (Lipinski definition) is 4. The number of aromatic nitrogens is 2. The maximum atomic E-state index is 10.2. The number of nitrogens with zero attached hydrogens (tertiary/aromatic N) is 2. The van der Waals surface area contributed by atoms with E-state index in [9.17, 15) is 10.2 Å². The van der Waals surface area contributed by atoms with Gasteiger partial charge in [-0.1, -0.05) is 65.7 Å². The number of methoxy groups -OCH3 is 2. The van der Waals surface area contributed by atoms with Crippen molar-refractivity contribution in [2.45, 2.75) is 94.9 Å². The largest absolute Gasteiger partial charge is 0.481 e.